The van der Waals surface area contributed by atoms with Crippen molar-refractivity contribution in [2.45, 2.75) is 5.92 Å². The highest BCUT2D eigenvalue weighted by atomic mass is 32.1. The van der Waals surface area contributed by atoms with E-state index >= 15 is 0 Å². The molecule has 5 heteroatoms. The maximum absolute atomic E-state index is 5.57. The predicted octanol–water partition coefficient (Wildman–Crippen LogP) is 18.9. The van der Waals surface area contributed by atoms with Gasteiger partial charge in [0.1, 0.15) is 0 Å². The highest BCUT2D eigenvalue weighted by Gasteiger charge is 2.33. The lowest BCUT2D eigenvalue weighted by Gasteiger charge is -2.22. The van der Waals surface area contributed by atoms with Gasteiger partial charge in [0.25, 0.3) is 0 Å². The summed E-state index contributed by atoms with van der Waals surface area (Å²) in [7, 11) is 0. The number of nitrogens with zero attached hydrogens (tertiary/aromatic N) is 4. The lowest BCUT2D eigenvalue weighted by molar-refractivity contribution is 1.03. The fraction of sp³-hybridized carbons (Fsp3) is 0.0141. The largest absolute Gasteiger partial charge is 0.309 e. The van der Waals surface area contributed by atoms with Crippen molar-refractivity contribution in [3.05, 3.63) is 278 Å². The second-order valence-corrected chi connectivity index (χ2v) is 21.0. The van der Waals surface area contributed by atoms with Crippen LogP contribution in [0.4, 0.5) is 0 Å². The van der Waals surface area contributed by atoms with E-state index < -0.39 is 0 Å². The number of aromatic nitrogens is 4. The summed E-state index contributed by atoms with van der Waals surface area (Å²) in [5, 5.41) is 6.07. The number of hydrogen-bond donors (Lipinski definition) is 0. The van der Waals surface area contributed by atoms with E-state index in [9.17, 15) is 0 Å². The highest BCUT2D eigenvalue weighted by molar-refractivity contribution is 7.26. The summed E-state index contributed by atoms with van der Waals surface area (Å²) in [6.07, 6.45) is 0. The van der Waals surface area contributed by atoms with Gasteiger partial charge in [-0.2, -0.15) is 0 Å². The summed E-state index contributed by atoms with van der Waals surface area (Å²) >= 11 is 1.77. The molecule has 4 heterocycles. The molecule has 0 unspecified atom stereocenters. The third kappa shape index (κ3) is 6.43. The minimum Gasteiger partial charge on any atom is -0.309 e. The maximum Gasteiger partial charge on any atom is 0.160 e. The van der Waals surface area contributed by atoms with E-state index in [2.05, 4.69) is 270 Å². The van der Waals surface area contributed by atoms with Crippen molar-refractivity contribution in [1.29, 1.82) is 0 Å². The lowest BCUT2D eigenvalue weighted by Crippen LogP contribution is -2.04. The van der Waals surface area contributed by atoms with Gasteiger partial charge in [-0.05, 0) is 87.5 Å². The van der Waals surface area contributed by atoms with Gasteiger partial charge in [-0.25, -0.2) is 9.97 Å². The van der Waals surface area contributed by atoms with Crippen LogP contribution >= 0.6 is 11.3 Å². The Kier molecular flexibility index (Phi) is 9.54. The minimum absolute atomic E-state index is 0.0389. The fourth-order valence-corrected chi connectivity index (χ4v) is 13.7. The molecule has 0 amide bonds. The number of rotatable bonds is 7. The molecule has 0 atom stereocenters. The smallest absolute Gasteiger partial charge is 0.160 e. The van der Waals surface area contributed by atoms with Crippen molar-refractivity contribution in [2.24, 2.45) is 0 Å². The summed E-state index contributed by atoms with van der Waals surface area (Å²) < 4.78 is 7.30. The van der Waals surface area contributed by atoms with E-state index in [4.69, 9.17) is 9.97 Å². The molecule has 76 heavy (non-hydrogen) atoms. The van der Waals surface area contributed by atoms with Crippen molar-refractivity contribution in [1.82, 2.24) is 19.1 Å². The molecule has 0 saturated carbocycles. The first kappa shape index (κ1) is 42.8. The zero-order valence-corrected chi connectivity index (χ0v) is 41.9. The molecule has 0 N–H and O–H groups in total. The Morgan fingerprint density at radius 2 is 0.868 bits per heavy atom. The number of benzene rings is 11. The molecular weight excluding hydrogens is 941 g/mol. The molecule has 4 aromatic heterocycles. The fourth-order valence-electron chi connectivity index (χ4n) is 12.6. The summed E-state index contributed by atoms with van der Waals surface area (Å²) in [4.78, 5) is 10.9. The first-order valence-electron chi connectivity index (χ1n) is 26.0. The number of thiophene rings is 1. The van der Waals surface area contributed by atoms with Crippen molar-refractivity contribution >= 4 is 75.3 Å². The Morgan fingerprint density at radius 3 is 1.51 bits per heavy atom. The highest BCUT2D eigenvalue weighted by Crippen LogP contribution is 2.52. The average molecular weight is 985 g/mol. The average Bonchev–Trinajstić information content (AvgIpc) is 4.27. The second kappa shape index (κ2) is 16.9. The zero-order chi connectivity index (χ0) is 49.8. The molecule has 0 radical (unpaired) electrons. The van der Waals surface area contributed by atoms with E-state index in [0.717, 1.165) is 77.1 Å². The predicted molar refractivity (Wildman–Crippen MR) is 318 cm³/mol. The standard InChI is InChI=1S/C71H44N4S/c1-4-21-44(22-5-1)58-41-47(67-70-68(56-33-16-19-38-64(56)76-70)73-71(72-67)46-25-8-3-9-26-46)42-59(45-23-6-2-7-24-45)69(58)75-62-37-20-34-57(65-53-31-12-10-27-49(53)50-28-11-13-32-54(50)65)66(62)55-40-39-48(43-63(55)75)74-60-35-17-14-29-51(60)52-30-15-18-36-61(52)74/h1-43,65H. The Balaban J connectivity index is 1.06. The topological polar surface area (TPSA) is 35.6 Å². The molecule has 354 valence electrons. The molecule has 0 fully saturated rings. The normalized spacial score (nSPS) is 12.4. The molecule has 0 spiro atoms. The molecular formula is C71H44N4S. The Morgan fingerprint density at radius 1 is 0.342 bits per heavy atom. The maximum atomic E-state index is 5.57. The number of fused-ring (bicyclic) bond motifs is 12. The van der Waals surface area contributed by atoms with Crippen LogP contribution in [0.15, 0.2) is 261 Å². The van der Waals surface area contributed by atoms with Gasteiger partial charge in [0, 0.05) is 65.5 Å². The van der Waals surface area contributed by atoms with Gasteiger partial charge in [-0.1, -0.05) is 212 Å². The van der Waals surface area contributed by atoms with Crippen LogP contribution in [0.1, 0.15) is 22.6 Å². The lowest BCUT2D eigenvalue weighted by atomic mass is 9.86. The van der Waals surface area contributed by atoms with Crippen LogP contribution in [0, 0.1) is 0 Å². The molecule has 15 aromatic rings. The van der Waals surface area contributed by atoms with Gasteiger partial charge in [-0.15, -0.1) is 11.3 Å². The van der Waals surface area contributed by atoms with Gasteiger partial charge < -0.3 is 9.13 Å². The van der Waals surface area contributed by atoms with Crippen LogP contribution in [0.2, 0.25) is 0 Å². The zero-order valence-electron chi connectivity index (χ0n) is 41.1. The minimum atomic E-state index is 0.0389. The van der Waals surface area contributed by atoms with Crippen LogP contribution in [-0.4, -0.2) is 19.1 Å². The van der Waals surface area contributed by atoms with Crippen molar-refractivity contribution in [3.63, 3.8) is 0 Å². The monoisotopic (exact) mass is 984 g/mol. The summed E-state index contributed by atoms with van der Waals surface area (Å²) in [5.74, 6) is 0.748. The Hall–Kier alpha value is -9.68. The van der Waals surface area contributed by atoms with Crippen molar-refractivity contribution in [2.75, 3.05) is 0 Å². The van der Waals surface area contributed by atoms with Gasteiger partial charge in [0.05, 0.1) is 43.7 Å². The van der Waals surface area contributed by atoms with Gasteiger partial charge in [0.2, 0.25) is 0 Å². The Labute approximate surface area is 442 Å². The van der Waals surface area contributed by atoms with Crippen LogP contribution in [0.5, 0.6) is 0 Å². The molecule has 0 aliphatic heterocycles. The quantitative estimate of drug-likeness (QED) is 0.160. The van der Waals surface area contributed by atoms with E-state index in [0.29, 0.717) is 5.82 Å². The third-order valence-corrected chi connectivity index (χ3v) is 17.0. The van der Waals surface area contributed by atoms with Crippen LogP contribution in [-0.2, 0) is 0 Å². The van der Waals surface area contributed by atoms with Crippen molar-refractivity contribution in [3.8, 4) is 67.4 Å². The molecule has 0 bridgehead atoms. The number of hydrogen-bond acceptors (Lipinski definition) is 3. The SMILES string of the molecule is c1ccc(-c2nc(-c3cc(-c4ccccc4)c(-n4c5cc(-n6c7ccccc7c7ccccc76)ccc5c5c(C6c7ccccc7-c7ccccc76)cccc54)c(-c4ccccc4)c3)c3sc4ccccc4c3n2)cc1. The van der Waals surface area contributed by atoms with E-state index in [-0.39, 0.29) is 5.92 Å². The van der Waals surface area contributed by atoms with Gasteiger partial charge in [-0.3, -0.25) is 0 Å². The molecule has 1 aliphatic rings. The van der Waals surface area contributed by atoms with Crippen LogP contribution in [0.25, 0.3) is 131 Å². The van der Waals surface area contributed by atoms with Crippen LogP contribution in [0.3, 0.4) is 0 Å². The van der Waals surface area contributed by atoms with E-state index in [1.807, 2.05) is 0 Å². The molecule has 4 nitrogen and oxygen atoms in total. The third-order valence-electron chi connectivity index (χ3n) is 15.8. The molecule has 11 aromatic carbocycles. The van der Waals surface area contributed by atoms with Gasteiger partial charge in [0.15, 0.2) is 5.82 Å². The number of para-hydroxylation sites is 2. The molecule has 16 rings (SSSR count). The first-order valence-corrected chi connectivity index (χ1v) is 26.8. The van der Waals surface area contributed by atoms with E-state index in [1.54, 1.807) is 11.3 Å². The summed E-state index contributed by atoms with van der Waals surface area (Å²) in [6, 6.07) is 95.6. The van der Waals surface area contributed by atoms with Crippen molar-refractivity contribution < 1.29 is 0 Å². The summed E-state index contributed by atoms with van der Waals surface area (Å²) in [6.45, 7) is 0. The summed E-state index contributed by atoms with van der Waals surface area (Å²) in [5.41, 5.74) is 21.8. The molecule has 1 aliphatic carbocycles. The Bertz CT molecular complexity index is 4660. The second-order valence-electron chi connectivity index (χ2n) is 19.9. The molecule has 0 saturated heterocycles. The van der Waals surface area contributed by atoms with Gasteiger partial charge >= 0.3 is 0 Å². The first-order chi connectivity index (χ1) is 37.7. The van der Waals surface area contributed by atoms with E-state index in [1.165, 1.54) is 65.1 Å². The van der Waals surface area contributed by atoms with Crippen LogP contribution < -0.4 is 0 Å².